The zero-order valence-electron chi connectivity index (χ0n) is 17.5. The maximum absolute atomic E-state index is 8.94. The Morgan fingerprint density at radius 1 is 1.17 bits per heavy atom. The van der Waals surface area contributed by atoms with Gasteiger partial charge in [0.1, 0.15) is 12.2 Å². The summed E-state index contributed by atoms with van der Waals surface area (Å²) < 4.78 is 0. The lowest BCUT2D eigenvalue weighted by Gasteiger charge is -2.19. The first-order valence-electron chi connectivity index (χ1n) is 9.16. The molecule has 0 aliphatic heterocycles. The molecule has 156 valence electrons. The SMILES string of the molecule is CN=CN=C(N)c1ccc(CCc2c(C)cccc2N(C)N)c(C)c1.NNC=O. The van der Waals surface area contributed by atoms with Crippen LogP contribution in [0.3, 0.4) is 0 Å². The molecule has 0 aliphatic carbocycles. The van der Waals surface area contributed by atoms with Crippen molar-refractivity contribution >= 4 is 24.3 Å². The van der Waals surface area contributed by atoms with Gasteiger partial charge in [-0.05, 0) is 61.1 Å². The number of aryl methyl sites for hydroxylation is 3. The molecule has 0 aliphatic rings. The molecule has 1 amide bonds. The van der Waals surface area contributed by atoms with Crippen molar-refractivity contribution < 1.29 is 4.79 Å². The Morgan fingerprint density at radius 3 is 2.41 bits per heavy atom. The van der Waals surface area contributed by atoms with E-state index in [1.807, 2.05) is 19.2 Å². The number of amidine groups is 1. The molecule has 8 heteroatoms. The molecule has 0 atom stereocenters. The lowest BCUT2D eigenvalue weighted by Crippen LogP contribution is -2.26. The number of rotatable bonds is 7. The summed E-state index contributed by atoms with van der Waals surface area (Å²) in [5.41, 5.74) is 14.8. The molecule has 2 aromatic carbocycles. The van der Waals surface area contributed by atoms with Crippen LogP contribution in [-0.2, 0) is 17.6 Å². The van der Waals surface area contributed by atoms with Crippen LogP contribution in [0.4, 0.5) is 5.69 Å². The Labute approximate surface area is 172 Å². The summed E-state index contributed by atoms with van der Waals surface area (Å²) in [5, 5.41) is 1.69. The molecule has 0 saturated heterocycles. The summed E-state index contributed by atoms with van der Waals surface area (Å²) in [6, 6.07) is 12.4. The lowest BCUT2D eigenvalue weighted by atomic mass is 9.95. The zero-order chi connectivity index (χ0) is 21.8. The highest BCUT2D eigenvalue weighted by molar-refractivity contribution is 6.01. The maximum atomic E-state index is 8.94. The van der Waals surface area contributed by atoms with Crippen LogP contribution in [0.25, 0.3) is 0 Å². The van der Waals surface area contributed by atoms with Gasteiger partial charge >= 0.3 is 0 Å². The largest absolute Gasteiger partial charge is 0.383 e. The van der Waals surface area contributed by atoms with E-state index in [-0.39, 0.29) is 0 Å². The van der Waals surface area contributed by atoms with Crippen molar-refractivity contribution in [1.29, 1.82) is 0 Å². The number of hydrogen-bond donors (Lipinski definition) is 4. The Hall–Kier alpha value is -3.23. The fourth-order valence-corrected chi connectivity index (χ4v) is 2.93. The van der Waals surface area contributed by atoms with Gasteiger partial charge in [-0.15, -0.1) is 0 Å². The Bertz CT molecular complexity index is 860. The van der Waals surface area contributed by atoms with Crippen molar-refractivity contribution in [1.82, 2.24) is 5.43 Å². The van der Waals surface area contributed by atoms with Crippen LogP contribution in [0.2, 0.25) is 0 Å². The van der Waals surface area contributed by atoms with Gasteiger partial charge in [-0.3, -0.25) is 15.2 Å². The molecular weight excluding hydrogens is 366 g/mol. The summed E-state index contributed by atoms with van der Waals surface area (Å²) >= 11 is 0. The average Bonchev–Trinajstić information content (AvgIpc) is 2.71. The number of carbonyl (C=O) groups excluding carboxylic acids is 1. The summed E-state index contributed by atoms with van der Waals surface area (Å²) in [4.78, 5) is 16.9. The normalized spacial score (nSPS) is 11.0. The molecule has 0 spiro atoms. The first-order chi connectivity index (χ1) is 13.8. The summed E-state index contributed by atoms with van der Waals surface area (Å²) in [5.74, 6) is 10.9. The van der Waals surface area contributed by atoms with Gasteiger partial charge in [0.15, 0.2) is 0 Å². The highest BCUT2D eigenvalue weighted by Crippen LogP contribution is 2.24. The second-order valence-corrected chi connectivity index (χ2v) is 6.50. The predicted octanol–water partition coefficient (Wildman–Crippen LogP) is 1.37. The van der Waals surface area contributed by atoms with Crippen LogP contribution < -0.4 is 27.9 Å². The molecule has 0 radical (unpaired) electrons. The van der Waals surface area contributed by atoms with Gasteiger partial charge in [-0.2, -0.15) is 0 Å². The Morgan fingerprint density at radius 2 is 1.86 bits per heavy atom. The number of hydrogen-bond acceptors (Lipinski definition) is 5. The summed E-state index contributed by atoms with van der Waals surface area (Å²) in [6.45, 7) is 4.23. The van der Waals surface area contributed by atoms with E-state index < -0.39 is 0 Å². The van der Waals surface area contributed by atoms with Crippen molar-refractivity contribution in [2.24, 2.45) is 27.4 Å². The number of nitrogens with one attached hydrogen (secondary N) is 1. The van der Waals surface area contributed by atoms with Crippen LogP contribution in [0.1, 0.15) is 27.8 Å². The Kier molecular flexibility index (Phi) is 10.1. The van der Waals surface area contributed by atoms with E-state index >= 15 is 0 Å². The number of amides is 1. The number of nitrogens with zero attached hydrogens (tertiary/aromatic N) is 3. The average molecular weight is 398 g/mol. The summed E-state index contributed by atoms with van der Waals surface area (Å²) in [7, 11) is 3.55. The molecule has 0 bridgehead atoms. The van der Waals surface area contributed by atoms with Gasteiger partial charge in [0.25, 0.3) is 0 Å². The van der Waals surface area contributed by atoms with Gasteiger partial charge in [-0.25, -0.2) is 16.7 Å². The fourth-order valence-electron chi connectivity index (χ4n) is 2.93. The zero-order valence-corrected chi connectivity index (χ0v) is 17.5. The van der Waals surface area contributed by atoms with Crippen molar-refractivity contribution in [3.05, 3.63) is 64.2 Å². The highest BCUT2D eigenvalue weighted by atomic mass is 16.1. The molecule has 2 aromatic rings. The first-order valence-corrected chi connectivity index (χ1v) is 9.16. The van der Waals surface area contributed by atoms with Gasteiger partial charge in [0, 0.05) is 19.7 Å². The van der Waals surface area contributed by atoms with E-state index in [0.29, 0.717) is 12.2 Å². The van der Waals surface area contributed by atoms with Crippen molar-refractivity contribution in [3.8, 4) is 0 Å². The molecule has 29 heavy (non-hydrogen) atoms. The quantitative estimate of drug-likeness (QED) is 0.140. The predicted molar refractivity (Wildman–Crippen MR) is 121 cm³/mol. The molecule has 7 N–H and O–H groups in total. The number of anilines is 1. The number of nitrogens with two attached hydrogens (primary N) is 3. The van der Waals surface area contributed by atoms with Crippen LogP contribution >= 0.6 is 0 Å². The molecule has 0 fully saturated rings. The van der Waals surface area contributed by atoms with Crippen LogP contribution in [0.5, 0.6) is 0 Å². The molecular formula is C21H31N7O. The van der Waals surface area contributed by atoms with Gasteiger partial charge in [0.2, 0.25) is 6.41 Å². The monoisotopic (exact) mass is 397 g/mol. The third-order valence-electron chi connectivity index (χ3n) is 4.43. The maximum Gasteiger partial charge on any atom is 0.221 e. The molecule has 2 rings (SSSR count). The van der Waals surface area contributed by atoms with E-state index in [4.69, 9.17) is 16.4 Å². The van der Waals surface area contributed by atoms with Crippen molar-refractivity contribution in [3.63, 3.8) is 0 Å². The third-order valence-corrected chi connectivity index (χ3v) is 4.43. The highest BCUT2D eigenvalue weighted by Gasteiger charge is 2.09. The second-order valence-electron chi connectivity index (χ2n) is 6.50. The number of carbonyl (C=O) groups is 1. The number of aliphatic imine (C=N–C) groups is 2. The third kappa shape index (κ3) is 7.36. The standard InChI is InChI=1S/C20H27N5.CH4N2O/c1-14-6-5-7-19(25(4)22)18(14)11-10-16-8-9-17(12-15(16)2)20(21)24-13-23-3;2-3-1-4/h5-9,12-13H,10-11,22H2,1-4H3,(H2,21,23,24);1H,2H2,(H,3,4). The molecule has 0 aromatic heterocycles. The molecule has 0 heterocycles. The van der Waals surface area contributed by atoms with Crippen molar-refractivity contribution in [2.45, 2.75) is 26.7 Å². The minimum atomic E-state index is 0.403. The van der Waals surface area contributed by atoms with Crippen LogP contribution in [0, 0.1) is 13.8 Å². The van der Waals surface area contributed by atoms with Crippen molar-refractivity contribution in [2.75, 3.05) is 19.1 Å². The van der Waals surface area contributed by atoms with E-state index in [9.17, 15) is 0 Å². The van der Waals surface area contributed by atoms with E-state index in [0.717, 1.165) is 24.1 Å². The van der Waals surface area contributed by atoms with Crippen LogP contribution in [0.15, 0.2) is 46.4 Å². The van der Waals surface area contributed by atoms with Gasteiger partial charge < -0.3 is 10.7 Å². The molecule has 8 nitrogen and oxygen atoms in total. The molecule has 0 saturated carbocycles. The first kappa shape index (κ1) is 23.8. The minimum Gasteiger partial charge on any atom is -0.383 e. The number of benzene rings is 2. The van der Waals surface area contributed by atoms with Gasteiger partial charge in [0.05, 0.1) is 5.69 Å². The van der Waals surface area contributed by atoms with E-state index in [1.54, 1.807) is 17.5 Å². The number of hydrazine groups is 2. The smallest absolute Gasteiger partial charge is 0.221 e. The minimum absolute atomic E-state index is 0.403. The van der Waals surface area contributed by atoms with Crippen LogP contribution in [-0.4, -0.2) is 32.7 Å². The lowest BCUT2D eigenvalue weighted by molar-refractivity contribution is -0.109. The molecule has 0 unspecified atom stereocenters. The van der Waals surface area contributed by atoms with E-state index in [1.165, 1.54) is 28.6 Å². The van der Waals surface area contributed by atoms with Gasteiger partial charge in [-0.1, -0.05) is 24.3 Å². The topological polar surface area (TPSA) is 135 Å². The fraction of sp³-hybridized carbons (Fsp3) is 0.286. The second kappa shape index (κ2) is 12.3. The Balaban J connectivity index is 0.000000960. The van der Waals surface area contributed by atoms with E-state index in [2.05, 4.69) is 53.9 Å². The summed E-state index contributed by atoms with van der Waals surface area (Å²) in [6.07, 6.45) is 3.75.